The summed E-state index contributed by atoms with van der Waals surface area (Å²) >= 11 is 0. The van der Waals surface area contributed by atoms with E-state index < -0.39 is 24.5 Å². The molecule has 1 aromatic heterocycles. The number of fused-ring (bicyclic) bond motifs is 4. The van der Waals surface area contributed by atoms with Gasteiger partial charge in [-0.3, -0.25) is 19.3 Å². The van der Waals surface area contributed by atoms with Gasteiger partial charge < -0.3 is 24.6 Å². The fourth-order valence-electron chi connectivity index (χ4n) is 5.44. The molecule has 3 aliphatic rings. The molecule has 5 rings (SSSR count). The zero-order chi connectivity index (χ0) is 29.1. The fourth-order valence-corrected chi connectivity index (χ4v) is 5.44. The molecule has 4 amide bonds. The summed E-state index contributed by atoms with van der Waals surface area (Å²) in [5, 5.41) is 6.71. The van der Waals surface area contributed by atoms with Crippen LogP contribution in [0.25, 0.3) is 0 Å². The lowest BCUT2D eigenvalue weighted by Crippen LogP contribution is -2.44. The predicted octanol–water partition coefficient (Wildman–Crippen LogP) is 1.62. The number of hydrogen-bond acceptors (Lipinski definition) is 7. The number of rotatable bonds is 4. The lowest BCUT2D eigenvalue weighted by Gasteiger charge is -2.26. The maximum Gasteiger partial charge on any atom is 0.410 e. The topological polar surface area (TPSA) is 126 Å². The average Bonchev–Trinajstić information content (AvgIpc) is 3.68. The van der Waals surface area contributed by atoms with Crippen LogP contribution < -0.4 is 10.1 Å². The predicted molar refractivity (Wildman–Crippen MR) is 139 cm³/mol. The number of carbonyl (C=O) groups excluding carboxylic acids is 4. The zero-order valence-corrected chi connectivity index (χ0v) is 22.6. The third-order valence-corrected chi connectivity index (χ3v) is 7.61. The summed E-state index contributed by atoms with van der Waals surface area (Å²) < 4.78 is 37.8. The SMILES string of the molecule is Cc1cc(C(=O)N2C[C@@H]3C(=O)NCCCN(C(=O)CN4CCOC4=O)CCOc4cccc(c4)[C@H]3C2)nn1C(F)F. The van der Waals surface area contributed by atoms with Gasteiger partial charge in [0.1, 0.15) is 25.5 Å². The molecule has 0 aliphatic carbocycles. The zero-order valence-electron chi connectivity index (χ0n) is 22.6. The first-order valence-corrected chi connectivity index (χ1v) is 13.5. The fraction of sp³-hybridized carbons (Fsp3) is 0.519. The van der Waals surface area contributed by atoms with Crippen molar-refractivity contribution in [2.75, 3.05) is 59.0 Å². The smallest absolute Gasteiger partial charge is 0.410 e. The Hall–Kier alpha value is -4.23. The summed E-state index contributed by atoms with van der Waals surface area (Å²) in [6, 6.07) is 8.56. The van der Waals surface area contributed by atoms with Gasteiger partial charge in [0.2, 0.25) is 11.8 Å². The van der Waals surface area contributed by atoms with E-state index in [4.69, 9.17) is 9.47 Å². The first kappa shape index (κ1) is 28.3. The summed E-state index contributed by atoms with van der Waals surface area (Å²) in [5.74, 6) is -1.40. The minimum atomic E-state index is -2.87. The number of benzene rings is 1. The van der Waals surface area contributed by atoms with Gasteiger partial charge in [-0.05, 0) is 37.1 Å². The molecule has 14 heteroatoms. The number of likely N-dealkylation sites (tertiary alicyclic amines) is 1. The number of aromatic nitrogens is 2. The van der Waals surface area contributed by atoms with Crippen LogP contribution in [0.1, 0.15) is 40.6 Å². The van der Waals surface area contributed by atoms with Crippen molar-refractivity contribution in [3.05, 3.63) is 47.3 Å². The van der Waals surface area contributed by atoms with Gasteiger partial charge in [0.05, 0.1) is 19.0 Å². The van der Waals surface area contributed by atoms with Gasteiger partial charge in [-0.1, -0.05) is 12.1 Å². The molecule has 2 aromatic rings. The van der Waals surface area contributed by atoms with Gasteiger partial charge in [-0.25, -0.2) is 9.48 Å². The van der Waals surface area contributed by atoms with Crippen molar-refractivity contribution in [2.45, 2.75) is 25.8 Å². The van der Waals surface area contributed by atoms with Gasteiger partial charge in [0.15, 0.2) is 5.69 Å². The monoisotopic (exact) mass is 574 g/mol. The Bertz CT molecular complexity index is 1320. The standard InChI is InChI=1S/C27H32F2N6O6/c1-17-12-22(31-35(17)26(28)29)25(38)34-14-20-18-4-2-5-19(13-18)40-10-8-32(7-3-6-30-24(37)21(20)15-34)23(36)16-33-9-11-41-27(33)39/h2,4-5,12-13,20-21,26H,3,6-11,14-16H2,1H3,(H,30,37)/t20-,21+/m1/s1. The molecule has 1 N–H and O–H groups in total. The molecule has 0 saturated carbocycles. The highest BCUT2D eigenvalue weighted by molar-refractivity contribution is 5.93. The molecular formula is C27H32F2N6O6. The van der Waals surface area contributed by atoms with Crippen molar-refractivity contribution < 1.29 is 37.4 Å². The van der Waals surface area contributed by atoms with Crippen molar-refractivity contribution >= 4 is 23.8 Å². The highest BCUT2D eigenvalue weighted by Gasteiger charge is 2.41. The molecule has 41 heavy (non-hydrogen) atoms. The van der Waals surface area contributed by atoms with E-state index in [1.54, 1.807) is 17.0 Å². The molecule has 0 unspecified atom stereocenters. The second kappa shape index (κ2) is 12.1. The molecule has 2 saturated heterocycles. The molecule has 220 valence electrons. The molecule has 4 heterocycles. The summed E-state index contributed by atoms with van der Waals surface area (Å²) in [4.78, 5) is 55.8. The number of aryl methyl sites for hydroxylation is 1. The van der Waals surface area contributed by atoms with Crippen LogP contribution in [0.2, 0.25) is 0 Å². The first-order chi connectivity index (χ1) is 19.7. The molecule has 2 atom stereocenters. The Labute approximate surface area is 235 Å². The lowest BCUT2D eigenvalue weighted by atomic mass is 9.88. The van der Waals surface area contributed by atoms with E-state index in [9.17, 15) is 28.0 Å². The summed E-state index contributed by atoms with van der Waals surface area (Å²) in [6.45, 7) is 0.551. The largest absolute Gasteiger partial charge is 0.492 e. The molecule has 1 aromatic carbocycles. The highest BCUT2D eigenvalue weighted by Crippen LogP contribution is 2.35. The van der Waals surface area contributed by atoms with E-state index in [1.807, 2.05) is 12.1 Å². The number of nitrogens with zero attached hydrogens (tertiary/aromatic N) is 5. The van der Waals surface area contributed by atoms with Crippen LogP contribution in [0.5, 0.6) is 5.75 Å². The van der Waals surface area contributed by atoms with Crippen LogP contribution >= 0.6 is 0 Å². The second-order valence-corrected chi connectivity index (χ2v) is 10.3. The Kier molecular flexibility index (Phi) is 8.36. The molecule has 0 radical (unpaired) electrons. The van der Waals surface area contributed by atoms with Crippen LogP contribution in [0.4, 0.5) is 13.6 Å². The first-order valence-electron chi connectivity index (χ1n) is 13.5. The minimum absolute atomic E-state index is 0.0939. The van der Waals surface area contributed by atoms with E-state index in [2.05, 4.69) is 10.4 Å². The van der Waals surface area contributed by atoms with Gasteiger partial charge >= 0.3 is 12.6 Å². The number of cyclic esters (lactones) is 1. The number of alkyl halides is 2. The number of nitrogens with one attached hydrogen (secondary N) is 1. The molecule has 12 nitrogen and oxygen atoms in total. The van der Waals surface area contributed by atoms with E-state index in [0.29, 0.717) is 43.0 Å². The normalized spacial score (nSPS) is 21.7. The van der Waals surface area contributed by atoms with Crippen LogP contribution in [0, 0.1) is 12.8 Å². The minimum Gasteiger partial charge on any atom is -0.492 e. The van der Waals surface area contributed by atoms with E-state index >= 15 is 0 Å². The van der Waals surface area contributed by atoms with Crippen molar-refractivity contribution in [1.82, 2.24) is 29.8 Å². The quantitative estimate of drug-likeness (QED) is 0.588. The van der Waals surface area contributed by atoms with Crippen LogP contribution in [-0.4, -0.2) is 107 Å². The van der Waals surface area contributed by atoms with Gasteiger partial charge in [-0.15, -0.1) is 0 Å². The summed E-state index contributed by atoms with van der Waals surface area (Å²) in [7, 11) is 0. The lowest BCUT2D eigenvalue weighted by molar-refractivity contribution is -0.132. The molecule has 3 aliphatic heterocycles. The van der Waals surface area contributed by atoms with Crippen molar-refractivity contribution in [3.8, 4) is 5.75 Å². The Balaban J connectivity index is 1.32. The Morgan fingerprint density at radius 2 is 1.83 bits per heavy atom. The van der Waals surface area contributed by atoms with Crippen molar-refractivity contribution in [1.29, 1.82) is 0 Å². The van der Waals surface area contributed by atoms with Gasteiger partial charge in [0.25, 0.3) is 5.91 Å². The van der Waals surface area contributed by atoms with Gasteiger partial charge in [0, 0.05) is 37.8 Å². The average molecular weight is 575 g/mol. The molecular weight excluding hydrogens is 542 g/mol. The number of carbonyl (C=O) groups is 4. The van der Waals surface area contributed by atoms with Crippen LogP contribution in [-0.2, 0) is 14.3 Å². The number of amides is 4. The summed E-state index contributed by atoms with van der Waals surface area (Å²) in [5.41, 5.74) is 0.860. The molecule has 2 fully saturated rings. The van der Waals surface area contributed by atoms with Crippen LogP contribution in [0.15, 0.2) is 30.3 Å². The maximum atomic E-state index is 13.4. The van der Waals surface area contributed by atoms with Crippen LogP contribution in [0.3, 0.4) is 0 Å². The highest BCUT2D eigenvalue weighted by atomic mass is 19.3. The molecule has 0 spiro atoms. The Morgan fingerprint density at radius 3 is 2.56 bits per heavy atom. The van der Waals surface area contributed by atoms with Crippen molar-refractivity contribution in [2.24, 2.45) is 5.92 Å². The van der Waals surface area contributed by atoms with Crippen molar-refractivity contribution in [3.63, 3.8) is 0 Å². The van der Waals surface area contributed by atoms with Gasteiger partial charge in [-0.2, -0.15) is 13.9 Å². The Morgan fingerprint density at radius 1 is 1.05 bits per heavy atom. The van der Waals surface area contributed by atoms with E-state index in [0.717, 1.165) is 5.56 Å². The molecule has 2 bridgehead atoms. The number of halogens is 2. The number of hydrogen-bond donors (Lipinski definition) is 1. The van der Waals surface area contributed by atoms with E-state index in [-0.39, 0.29) is 62.0 Å². The number of ether oxygens (including phenoxy) is 2. The third kappa shape index (κ3) is 6.25. The third-order valence-electron chi connectivity index (χ3n) is 7.61. The summed E-state index contributed by atoms with van der Waals surface area (Å²) in [6.07, 6.45) is -0.0469. The second-order valence-electron chi connectivity index (χ2n) is 10.3. The maximum absolute atomic E-state index is 13.4. The van der Waals surface area contributed by atoms with E-state index in [1.165, 1.54) is 22.8 Å².